The van der Waals surface area contributed by atoms with Gasteiger partial charge in [-0.05, 0) is 24.7 Å². The summed E-state index contributed by atoms with van der Waals surface area (Å²) >= 11 is 0. The monoisotopic (exact) mass is 274 g/mol. The first-order chi connectivity index (χ1) is 9.65. The van der Waals surface area contributed by atoms with Crippen LogP contribution in [0.4, 0.5) is 0 Å². The van der Waals surface area contributed by atoms with E-state index in [1.807, 2.05) is 36.1 Å². The third-order valence-corrected chi connectivity index (χ3v) is 3.57. The quantitative estimate of drug-likeness (QED) is 0.868. The van der Waals surface area contributed by atoms with Crippen molar-refractivity contribution in [2.24, 2.45) is 12.8 Å². The summed E-state index contributed by atoms with van der Waals surface area (Å²) in [5.41, 5.74) is 7.13. The van der Waals surface area contributed by atoms with Gasteiger partial charge in [-0.1, -0.05) is 12.1 Å². The summed E-state index contributed by atoms with van der Waals surface area (Å²) in [4.78, 5) is 6.57. The highest BCUT2D eigenvalue weighted by Crippen LogP contribution is 2.22. The smallest absolute Gasteiger partial charge is 0.122 e. The van der Waals surface area contributed by atoms with E-state index in [4.69, 9.17) is 10.5 Å². The first-order valence-electron chi connectivity index (χ1n) is 6.66. The molecule has 108 valence electrons. The fourth-order valence-corrected chi connectivity index (χ4v) is 2.28. The second-order valence-electron chi connectivity index (χ2n) is 4.89. The van der Waals surface area contributed by atoms with Gasteiger partial charge in [-0.2, -0.15) is 0 Å². The Morgan fingerprint density at radius 3 is 2.55 bits per heavy atom. The predicted molar refractivity (Wildman–Crippen MR) is 79.5 cm³/mol. The molecule has 0 fully saturated rings. The van der Waals surface area contributed by atoms with Crippen molar-refractivity contribution >= 4 is 0 Å². The Bertz CT molecular complexity index is 535. The van der Waals surface area contributed by atoms with Crippen molar-refractivity contribution in [2.75, 3.05) is 20.7 Å². The molecule has 0 saturated heterocycles. The van der Waals surface area contributed by atoms with Crippen LogP contribution in [-0.2, 0) is 13.6 Å². The Hall–Kier alpha value is -1.85. The fraction of sp³-hybridized carbons (Fsp3) is 0.400. The lowest BCUT2D eigenvalue weighted by Crippen LogP contribution is -2.31. The predicted octanol–water partition coefficient (Wildman–Crippen LogP) is 1.56. The van der Waals surface area contributed by atoms with E-state index in [9.17, 15) is 0 Å². The highest BCUT2D eigenvalue weighted by molar-refractivity contribution is 5.29. The van der Waals surface area contributed by atoms with Gasteiger partial charge in [0.05, 0.1) is 13.7 Å². The van der Waals surface area contributed by atoms with Crippen molar-refractivity contribution in [2.45, 2.75) is 12.6 Å². The number of aryl methyl sites for hydroxylation is 1. The van der Waals surface area contributed by atoms with Gasteiger partial charge in [0, 0.05) is 32.0 Å². The zero-order chi connectivity index (χ0) is 14.5. The summed E-state index contributed by atoms with van der Waals surface area (Å²) in [5, 5.41) is 0. The van der Waals surface area contributed by atoms with Crippen molar-refractivity contribution in [1.29, 1.82) is 0 Å². The van der Waals surface area contributed by atoms with Crippen molar-refractivity contribution < 1.29 is 4.74 Å². The third kappa shape index (κ3) is 3.18. The van der Waals surface area contributed by atoms with E-state index in [1.165, 1.54) is 5.56 Å². The third-order valence-electron chi connectivity index (χ3n) is 3.57. The molecule has 0 aliphatic rings. The molecular formula is C15H22N4O. The zero-order valence-corrected chi connectivity index (χ0v) is 12.3. The molecule has 5 heteroatoms. The van der Waals surface area contributed by atoms with Gasteiger partial charge >= 0.3 is 0 Å². The van der Waals surface area contributed by atoms with Crippen LogP contribution in [0.5, 0.6) is 5.75 Å². The van der Waals surface area contributed by atoms with E-state index in [0.29, 0.717) is 6.54 Å². The maximum absolute atomic E-state index is 5.94. The van der Waals surface area contributed by atoms with Gasteiger partial charge in [0.15, 0.2) is 0 Å². The molecule has 1 heterocycles. The Balaban J connectivity index is 2.12. The van der Waals surface area contributed by atoms with Gasteiger partial charge in [0.25, 0.3) is 0 Å². The summed E-state index contributed by atoms with van der Waals surface area (Å²) in [5.74, 6) is 1.88. The zero-order valence-electron chi connectivity index (χ0n) is 12.3. The Morgan fingerprint density at radius 1 is 1.35 bits per heavy atom. The molecular weight excluding hydrogens is 252 g/mol. The van der Waals surface area contributed by atoms with Crippen LogP contribution in [0.15, 0.2) is 36.7 Å². The summed E-state index contributed by atoms with van der Waals surface area (Å²) < 4.78 is 7.21. The fourth-order valence-electron chi connectivity index (χ4n) is 2.28. The Kier molecular flexibility index (Phi) is 4.76. The van der Waals surface area contributed by atoms with E-state index in [-0.39, 0.29) is 6.04 Å². The standard InChI is InChI=1S/C15H22N4O/c1-18-9-8-17-15(18)11-19(2)14(10-16)12-4-6-13(20-3)7-5-12/h4-9,14H,10-11,16H2,1-3H3. The van der Waals surface area contributed by atoms with Gasteiger partial charge in [0.2, 0.25) is 0 Å². The van der Waals surface area contributed by atoms with Crippen molar-refractivity contribution in [3.8, 4) is 5.75 Å². The molecule has 5 nitrogen and oxygen atoms in total. The normalized spacial score (nSPS) is 12.7. The molecule has 1 atom stereocenters. The van der Waals surface area contributed by atoms with Crippen LogP contribution in [0, 0.1) is 0 Å². The Morgan fingerprint density at radius 2 is 2.05 bits per heavy atom. The van der Waals surface area contributed by atoms with Gasteiger partial charge in [0.1, 0.15) is 11.6 Å². The van der Waals surface area contributed by atoms with Crippen molar-refractivity contribution in [1.82, 2.24) is 14.5 Å². The highest BCUT2D eigenvalue weighted by Gasteiger charge is 2.17. The van der Waals surface area contributed by atoms with Crippen LogP contribution in [-0.4, -0.2) is 35.2 Å². The lowest BCUT2D eigenvalue weighted by Gasteiger charge is -2.27. The minimum absolute atomic E-state index is 0.164. The molecule has 1 aromatic heterocycles. The van der Waals surface area contributed by atoms with Crippen LogP contribution in [0.3, 0.4) is 0 Å². The lowest BCUT2D eigenvalue weighted by molar-refractivity contribution is 0.233. The number of aromatic nitrogens is 2. The van der Waals surface area contributed by atoms with E-state index in [0.717, 1.165) is 18.1 Å². The number of methoxy groups -OCH3 is 1. The second-order valence-corrected chi connectivity index (χ2v) is 4.89. The number of nitrogens with zero attached hydrogens (tertiary/aromatic N) is 3. The minimum Gasteiger partial charge on any atom is -0.497 e. The van der Waals surface area contributed by atoms with Crippen LogP contribution in [0.25, 0.3) is 0 Å². The maximum Gasteiger partial charge on any atom is 0.122 e. The SMILES string of the molecule is COc1ccc(C(CN)N(C)Cc2nccn2C)cc1. The molecule has 0 bridgehead atoms. The number of imidazole rings is 1. The van der Waals surface area contributed by atoms with Crippen molar-refractivity contribution in [3.05, 3.63) is 48.0 Å². The molecule has 0 amide bonds. The van der Waals surface area contributed by atoms with E-state index in [1.54, 1.807) is 7.11 Å². The Labute approximate surface area is 120 Å². The van der Waals surface area contributed by atoms with Gasteiger partial charge in [-0.25, -0.2) is 4.98 Å². The molecule has 0 aliphatic carbocycles. The van der Waals surface area contributed by atoms with Crippen LogP contribution in [0.1, 0.15) is 17.4 Å². The molecule has 2 rings (SSSR count). The number of nitrogens with two attached hydrogens (primary N) is 1. The minimum atomic E-state index is 0.164. The lowest BCUT2D eigenvalue weighted by atomic mass is 10.1. The summed E-state index contributed by atoms with van der Waals surface area (Å²) in [6.45, 7) is 1.32. The van der Waals surface area contributed by atoms with Gasteiger partial charge < -0.3 is 15.0 Å². The molecule has 1 unspecified atom stereocenters. The first-order valence-corrected chi connectivity index (χ1v) is 6.66. The molecule has 1 aromatic carbocycles. The number of likely N-dealkylation sites (N-methyl/N-ethyl adjacent to an activating group) is 1. The molecule has 0 spiro atoms. The maximum atomic E-state index is 5.94. The summed E-state index contributed by atoms with van der Waals surface area (Å²) in [6, 6.07) is 8.22. The second kappa shape index (κ2) is 6.54. The molecule has 0 radical (unpaired) electrons. The number of benzene rings is 1. The van der Waals surface area contributed by atoms with Gasteiger partial charge in [-0.3, -0.25) is 4.90 Å². The van der Waals surface area contributed by atoms with E-state index >= 15 is 0 Å². The topological polar surface area (TPSA) is 56.3 Å². The van der Waals surface area contributed by atoms with Crippen LogP contribution >= 0.6 is 0 Å². The molecule has 20 heavy (non-hydrogen) atoms. The number of hydrogen-bond acceptors (Lipinski definition) is 4. The summed E-state index contributed by atoms with van der Waals surface area (Å²) in [6.07, 6.45) is 3.77. The average Bonchev–Trinajstić information content (AvgIpc) is 2.86. The molecule has 2 aromatic rings. The molecule has 2 N–H and O–H groups in total. The van der Waals surface area contributed by atoms with Gasteiger partial charge in [-0.15, -0.1) is 0 Å². The average molecular weight is 274 g/mol. The largest absolute Gasteiger partial charge is 0.497 e. The first kappa shape index (κ1) is 14.6. The summed E-state index contributed by atoms with van der Waals surface area (Å²) in [7, 11) is 5.74. The number of ether oxygens (including phenoxy) is 1. The van der Waals surface area contributed by atoms with Crippen molar-refractivity contribution in [3.63, 3.8) is 0 Å². The van der Waals surface area contributed by atoms with E-state index in [2.05, 4.69) is 29.1 Å². The highest BCUT2D eigenvalue weighted by atomic mass is 16.5. The number of hydrogen-bond donors (Lipinski definition) is 1. The molecule has 0 aliphatic heterocycles. The van der Waals surface area contributed by atoms with Crippen LogP contribution < -0.4 is 10.5 Å². The van der Waals surface area contributed by atoms with Crippen LogP contribution in [0.2, 0.25) is 0 Å². The molecule has 0 saturated carbocycles. The van der Waals surface area contributed by atoms with E-state index < -0.39 is 0 Å². The number of rotatable bonds is 6.